The molecule has 0 aliphatic rings. The number of rotatable bonds is 13. The monoisotopic (exact) mass is 387 g/mol. The first-order valence-electron chi connectivity index (χ1n) is 9.22. The summed E-state index contributed by atoms with van der Waals surface area (Å²) in [7, 11) is 0. The second kappa shape index (κ2) is 12.9. The first-order valence-corrected chi connectivity index (χ1v) is 9.22. The van der Waals surface area contributed by atoms with Gasteiger partial charge < -0.3 is 32.5 Å². The van der Waals surface area contributed by atoms with Crippen molar-refractivity contribution in [2.45, 2.75) is 71.0 Å². The molecular weight excluding hydrogens is 354 g/mol. The lowest BCUT2D eigenvalue weighted by atomic mass is 10.0. The smallest absolute Gasteiger partial charge is 0.326 e. The van der Waals surface area contributed by atoms with Crippen LogP contribution in [0.1, 0.15) is 52.9 Å². The van der Waals surface area contributed by atoms with E-state index in [4.69, 9.17) is 11.5 Å². The molecule has 0 heterocycles. The molecule has 0 unspecified atom stereocenters. The van der Waals surface area contributed by atoms with Crippen molar-refractivity contribution in [3.63, 3.8) is 0 Å². The Labute approximate surface area is 159 Å². The molecule has 10 nitrogen and oxygen atoms in total. The average Bonchev–Trinajstić information content (AvgIpc) is 2.58. The van der Waals surface area contributed by atoms with E-state index >= 15 is 0 Å². The highest BCUT2D eigenvalue weighted by molar-refractivity contribution is 5.91. The molecule has 156 valence electrons. The average molecular weight is 387 g/mol. The van der Waals surface area contributed by atoms with Crippen molar-refractivity contribution in [3.05, 3.63) is 0 Å². The third-order valence-electron chi connectivity index (χ3n) is 4.04. The Morgan fingerprint density at radius 2 is 1.63 bits per heavy atom. The summed E-state index contributed by atoms with van der Waals surface area (Å²) in [5.41, 5.74) is 10.8. The molecule has 10 heteroatoms. The van der Waals surface area contributed by atoms with Gasteiger partial charge in [-0.15, -0.1) is 0 Å². The SMILES string of the molecule is CCCC[C@H](N)C(=O)N[C@H](C(=O)N[C@@H](CCCNC(N)=O)C(=O)O)C(C)C. The molecule has 0 aromatic carbocycles. The van der Waals surface area contributed by atoms with Gasteiger partial charge in [-0.1, -0.05) is 33.6 Å². The molecule has 0 aliphatic carbocycles. The number of amides is 4. The Morgan fingerprint density at radius 1 is 1.00 bits per heavy atom. The molecule has 3 atom stereocenters. The van der Waals surface area contributed by atoms with Crippen molar-refractivity contribution in [1.29, 1.82) is 0 Å². The number of carboxylic acids is 1. The van der Waals surface area contributed by atoms with Crippen LogP contribution in [-0.2, 0) is 14.4 Å². The molecule has 0 aliphatic heterocycles. The van der Waals surface area contributed by atoms with Crippen LogP contribution in [0.15, 0.2) is 0 Å². The lowest BCUT2D eigenvalue weighted by Crippen LogP contribution is -2.56. The summed E-state index contributed by atoms with van der Waals surface area (Å²) in [5.74, 6) is -2.47. The fourth-order valence-electron chi connectivity index (χ4n) is 2.39. The zero-order chi connectivity index (χ0) is 21.0. The van der Waals surface area contributed by atoms with Crippen LogP contribution in [-0.4, -0.2) is 53.6 Å². The summed E-state index contributed by atoms with van der Waals surface area (Å²) in [6.07, 6.45) is 2.64. The molecule has 0 spiro atoms. The Hall–Kier alpha value is -2.36. The third kappa shape index (κ3) is 10.4. The van der Waals surface area contributed by atoms with Gasteiger partial charge in [-0.3, -0.25) is 9.59 Å². The minimum Gasteiger partial charge on any atom is -0.480 e. The molecule has 0 saturated carbocycles. The van der Waals surface area contributed by atoms with Gasteiger partial charge in [-0.05, 0) is 25.2 Å². The topological polar surface area (TPSA) is 177 Å². The van der Waals surface area contributed by atoms with Gasteiger partial charge in [0.15, 0.2) is 0 Å². The van der Waals surface area contributed by atoms with Crippen LogP contribution in [0, 0.1) is 5.92 Å². The van der Waals surface area contributed by atoms with Gasteiger partial charge in [0.25, 0.3) is 0 Å². The highest BCUT2D eigenvalue weighted by atomic mass is 16.4. The molecule has 4 amide bonds. The summed E-state index contributed by atoms with van der Waals surface area (Å²) in [6, 6.07) is -3.45. The maximum absolute atomic E-state index is 12.5. The summed E-state index contributed by atoms with van der Waals surface area (Å²) < 4.78 is 0. The first kappa shape index (κ1) is 24.6. The number of unbranched alkanes of at least 4 members (excludes halogenated alkanes) is 1. The van der Waals surface area contributed by atoms with Gasteiger partial charge in [0.05, 0.1) is 6.04 Å². The summed E-state index contributed by atoms with van der Waals surface area (Å²) in [6.45, 7) is 5.68. The molecule has 0 saturated heterocycles. The van der Waals surface area contributed by atoms with E-state index in [0.29, 0.717) is 12.8 Å². The van der Waals surface area contributed by atoms with Gasteiger partial charge in [0.1, 0.15) is 12.1 Å². The lowest BCUT2D eigenvalue weighted by Gasteiger charge is -2.25. The van der Waals surface area contributed by atoms with E-state index in [1.165, 1.54) is 0 Å². The van der Waals surface area contributed by atoms with E-state index in [9.17, 15) is 24.3 Å². The number of carbonyl (C=O) groups is 4. The van der Waals surface area contributed by atoms with Crippen molar-refractivity contribution >= 4 is 23.8 Å². The van der Waals surface area contributed by atoms with Crippen molar-refractivity contribution in [3.8, 4) is 0 Å². The number of aliphatic carboxylic acids is 1. The van der Waals surface area contributed by atoms with Crippen LogP contribution in [0.25, 0.3) is 0 Å². The molecule has 0 aromatic heterocycles. The molecule has 27 heavy (non-hydrogen) atoms. The number of carboxylic acid groups (broad SMARTS) is 1. The highest BCUT2D eigenvalue weighted by Gasteiger charge is 2.29. The van der Waals surface area contributed by atoms with Crippen LogP contribution < -0.4 is 27.4 Å². The Kier molecular flexibility index (Phi) is 11.8. The summed E-state index contributed by atoms with van der Waals surface area (Å²) >= 11 is 0. The number of urea groups is 1. The molecular formula is C17H33N5O5. The Balaban J connectivity index is 4.79. The van der Waals surface area contributed by atoms with E-state index in [2.05, 4.69) is 16.0 Å². The van der Waals surface area contributed by atoms with Gasteiger partial charge >= 0.3 is 12.0 Å². The zero-order valence-corrected chi connectivity index (χ0v) is 16.3. The number of hydrogen-bond acceptors (Lipinski definition) is 5. The van der Waals surface area contributed by atoms with E-state index in [1.54, 1.807) is 13.8 Å². The van der Waals surface area contributed by atoms with Gasteiger partial charge in [0, 0.05) is 6.54 Å². The molecule has 8 N–H and O–H groups in total. The van der Waals surface area contributed by atoms with E-state index < -0.39 is 41.9 Å². The quantitative estimate of drug-likeness (QED) is 0.235. The van der Waals surface area contributed by atoms with E-state index in [0.717, 1.165) is 12.8 Å². The predicted octanol–water partition coefficient (Wildman–Crippen LogP) is -0.337. The normalized spacial score (nSPS) is 14.1. The molecule has 0 rings (SSSR count). The molecule has 0 radical (unpaired) electrons. The Bertz CT molecular complexity index is 512. The fourth-order valence-corrected chi connectivity index (χ4v) is 2.39. The van der Waals surface area contributed by atoms with Gasteiger partial charge in [-0.25, -0.2) is 9.59 Å². The standard InChI is InChI=1S/C17H33N5O5/c1-4-5-7-11(18)14(23)22-13(10(2)3)15(24)21-12(16(25)26)8-6-9-20-17(19)27/h10-13H,4-9,18H2,1-3H3,(H,21,24)(H,22,23)(H,25,26)(H3,19,20,27)/t11-,12-,13-/m0/s1. The second-order valence-corrected chi connectivity index (χ2v) is 6.81. The number of nitrogens with two attached hydrogens (primary N) is 2. The maximum Gasteiger partial charge on any atom is 0.326 e. The summed E-state index contributed by atoms with van der Waals surface area (Å²) in [4.78, 5) is 46.7. The van der Waals surface area contributed by atoms with Gasteiger partial charge in [0.2, 0.25) is 11.8 Å². The molecule has 0 aromatic rings. The Morgan fingerprint density at radius 3 is 2.11 bits per heavy atom. The number of hydrogen-bond donors (Lipinski definition) is 6. The second-order valence-electron chi connectivity index (χ2n) is 6.81. The largest absolute Gasteiger partial charge is 0.480 e. The minimum atomic E-state index is -1.20. The lowest BCUT2D eigenvalue weighted by molar-refractivity contribution is -0.142. The van der Waals surface area contributed by atoms with E-state index in [1.807, 2.05) is 6.92 Å². The van der Waals surface area contributed by atoms with Gasteiger partial charge in [-0.2, -0.15) is 0 Å². The number of nitrogens with one attached hydrogen (secondary N) is 3. The molecule has 0 bridgehead atoms. The van der Waals surface area contributed by atoms with Crippen molar-refractivity contribution in [2.75, 3.05) is 6.54 Å². The zero-order valence-electron chi connectivity index (χ0n) is 16.3. The number of carbonyl (C=O) groups excluding carboxylic acids is 3. The van der Waals surface area contributed by atoms with Crippen molar-refractivity contribution < 1.29 is 24.3 Å². The minimum absolute atomic E-state index is 0.107. The maximum atomic E-state index is 12.5. The van der Waals surface area contributed by atoms with Crippen LogP contribution >= 0.6 is 0 Å². The van der Waals surface area contributed by atoms with Crippen LogP contribution in [0.3, 0.4) is 0 Å². The summed E-state index contributed by atoms with van der Waals surface area (Å²) in [5, 5.41) is 16.7. The fraction of sp³-hybridized carbons (Fsp3) is 0.765. The highest BCUT2D eigenvalue weighted by Crippen LogP contribution is 2.06. The predicted molar refractivity (Wildman–Crippen MR) is 101 cm³/mol. The van der Waals surface area contributed by atoms with E-state index in [-0.39, 0.29) is 18.9 Å². The van der Waals surface area contributed by atoms with Crippen LogP contribution in [0.4, 0.5) is 4.79 Å². The van der Waals surface area contributed by atoms with Crippen molar-refractivity contribution in [1.82, 2.24) is 16.0 Å². The van der Waals surface area contributed by atoms with Crippen LogP contribution in [0.2, 0.25) is 0 Å². The van der Waals surface area contributed by atoms with Crippen LogP contribution in [0.5, 0.6) is 0 Å². The number of primary amides is 1. The van der Waals surface area contributed by atoms with Crippen molar-refractivity contribution in [2.24, 2.45) is 17.4 Å². The molecule has 0 fully saturated rings. The first-order chi connectivity index (χ1) is 12.6. The third-order valence-corrected chi connectivity index (χ3v) is 4.04.